The molecule has 0 amide bonds. The van der Waals surface area contributed by atoms with E-state index in [0.717, 1.165) is 12.0 Å². The molecule has 1 aliphatic rings. The summed E-state index contributed by atoms with van der Waals surface area (Å²) in [5.41, 5.74) is 8.63. The fourth-order valence-electron chi connectivity index (χ4n) is 2.51. The zero-order valence-corrected chi connectivity index (χ0v) is 9.12. The lowest BCUT2D eigenvalue weighted by atomic mass is 9.78. The van der Waals surface area contributed by atoms with Gasteiger partial charge in [0.25, 0.3) is 0 Å². The molecule has 1 aromatic rings. The second-order valence-electron chi connectivity index (χ2n) is 4.51. The third kappa shape index (κ3) is 1.56. The van der Waals surface area contributed by atoms with Crippen molar-refractivity contribution in [2.75, 3.05) is 5.73 Å². The number of hydrogen-bond donors (Lipinski definition) is 1. The number of nitrogens with zero attached hydrogens (tertiary/aromatic N) is 2. The summed E-state index contributed by atoms with van der Waals surface area (Å²) in [6, 6.07) is 2.18. The molecule has 1 heterocycles. The van der Waals surface area contributed by atoms with Crippen LogP contribution in [0.2, 0.25) is 0 Å². The summed E-state index contributed by atoms with van der Waals surface area (Å²) in [4.78, 5) is 4.09. The second kappa shape index (κ2) is 3.54. The third-order valence-corrected chi connectivity index (χ3v) is 3.20. The van der Waals surface area contributed by atoms with Crippen molar-refractivity contribution in [2.24, 2.45) is 5.92 Å². The van der Waals surface area contributed by atoms with Gasteiger partial charge in [0.1, 0.15) is 11.9 Å². The minimum absolute atomic E-state index is 0.373. The summed E-state index contributed by atoms with van der Waals surface area (Å²) in [5, 5.41) is 9.08. The standard InChI is InChI=1S/C12H15N3/c1-7-3-8(2)11-6-15-12(14)10(5-13)9(11)4-7/h6-8H,3-4H2,1-2H3,(H2,14,15). The normalized spacial score (nSPS) is 24.3. The van der Waals surface area contributed by atoms with E-state index in [1.165, 1.54) is 12.0 Å². The lowest BCUT2D eigenvalue weighted by Gasteiger charge is -2.27. The molecule has 15 heavy (non-hydrogen) atoms. The lowest BCUT2D eigenvalue weighted by Crippen LogP contribution is -2.17. The molecule has 0 saturated heterocycles. The van der Waals surface area contributed by atoms with Gasteiger partial charge in [-0.1, -0.05) is 13.8 Å². The van der Waals surface area contributed by atoms with Crippen LogP contribution in [0.15, 0.2) is 6.20 Å². The Balaban J connectivity index is 2.61. The minimum Gasteiger partial charge on any atom is -0.383 e. The number of pyridine rings is 1. The van der Waals surface area contributed by atoms with Gasteiger partial charge >= 0.3 is 0 Å². The molecule has 0 aromatic carbocycles. The summed E-state index contributed by atoms with van der Waals surface area (Å²) < 4.78 is 0. The van der Waals surface area contributed by atoms with Gasteiger partial charge < -0.3 is 5.73 Å². The van der Waals surface area contributed by atoms with Crippen LogP contribution >= 0.6 is 0 Å². The summed E-state index contributed by atoms with van der Waals surface area (Å²) in [6.45, 7) is 4.41. The van der Waals surface area contributed by atoms with Crippen molar-refractivity contribution in [3.8, 4) is 6.07 Å². The zero-order chi connectivity index (χ0) is 11.0. The quantitative estimate of drug-likeness (QED) is 0.700. The van der Waals surface area contributed by atoms with Gasteiger partial charge in [0.15, 0.2) is 0 Å². The smallest absolute Gasteiger partial charge is 0.141 e. The first kappa shape index (κ1) is 9.97. The van der Waals surface area contributed by atoms with Gasteiger partial charge in [0.2, 0.25) is 0 Å². The van der Waals surface area contributed by atoms with Crippen LogP contribution in [0.4, 0.5) is 5.82 Å². The van der Waals surface area contributed by atoms with E-state index in [1.807, 2.05) is 6.20 Å². The predicted octanol–water partition coefficient (Wildman–Crippen LogP) is 2.22. The number of nitrogen functional groups attached to an aromatic ring is 1. The van der Waals surface area contributed by atoms with Crippen molar-refractivity contribution in [2.45, 2.75) is 32.6 Å². The molecule has 0 aliphatic heterocycles. The molecule has 78 valence electrons. The Labute approximate surface area is 89.9 Å². The molecule has 0 spiro atoms. The van der Waals surface area contributed by atoms with Crippen LogP contribution in [0.1, 0.15) is 42.9 Å². The number of rotatable bonds is 0. The Bertz CT molecular complexity index is 431. The molecule has 0 bridgehead atoms. The number of nitriles is 1. The van der Waals surface area contributed by atoms with Crippen molar-refractivity contribution >= 4 is 5.82 Å². The van der Waals surface area contributed by atoms with E-state index in [2.05, 4.69) is 24.9 Å². The highest BCUT2D eigenvalue weighted by Crippen LogP contribution is 2.36. The van der Waals surface area contributed by atoms with E-state index in [1.54, 1.807) is 0 Å². The first-order valence-electron chi connectivity index (χ1n) is 5.30. The van der Waals surface area contributed by atoms with Crippen molar-refractivity contribution in [1.29, 1.82) is 5.26 Å². The van der Waals surface area contributed by atoms with E-state index in [4.69, 9.17) is 11.0 Å². The molecule has 2 N–H and O–H groups in total. The molecule has 1 aliphatic carbocycles. The van der Waals surface area contributed by atoms with E-state index in [0.29, 0.717) is 23.2 Å². The first-order valence-corrected chi connectivity index (χ1v) is 5.30. The van der Waals surface area contributed by atoms with Crippen LogP contribution < -0.4 is 5.73 Å². The molecule has 0 radical (unpaired) electrons. The highest BCUT2D eigenvalue weighted by atomic mass is 14.8. The number of anilines is 1. The summed E-state index contributed by atoms with van der Waals surface area (Å²) in [5.74, 6) is 1.49. The predicted molar refractivity (Wildman–Crippen MR) is 59.3 cm³/mol. The van der Waals surface area contributed by atoms with Crippen molar-refractivity contribution < 1.29 is 0 Å². The van der Waals surface area contributed by atoms with Gasteiger partial charge in [0.05, 0.1) is 5.56 Å². The van der Waals surface area contributed by atoms with Crippen LogP contribution in [0.3, 0.4) is 0 Å². The molecular formula is C12H15N3. The highest BCUT2D eigenvalue weighted by molar-refractivity contribution is 5.56. The van der Waals surface area contributed by atoms with Crippen LogP contribution in [0.5, 0.6) is 0 Å². The van der Waals surface area contributed by atoms with E-state index < -0.39 is 0 Å². The summed E-state index contributed by atoms with van der Waals surface area (Å²) in [7, 11) is 0. The minimum atomic E-state index is 0.373. The fourth-order valence-corrected chi connectivity index (χ4v) is 2.51. The fraction of sp³-hybridized carbons (Fsp3) is 0.500. The van der Waals surface area contributed by atoms with Gasteiger partial charge in [0, 0.05) is 6.20 Å². The molecule has 2 rings (SSSR count). The Morgan fingerprint density at radius 2 is 2.27 bits per heavy atom. The lowest BCUT2D eigenvalue weighted by molar-refractivity contribution is 0.448. The molecule has 2 unspecified atom stereocenters. The van der Waals surface area contributed by atoms with Gasteiger partial charge in [-0.2, -0.15) is 5.26 Å². The monoisotopic (exact) mass is 201 g/mol. The SMILES string of the molecule is CC1Cc2c(cnc(N)c2C#N)C(C)C1. The average Bonchev–Trinajstić information content (AvgIpc) is 2.17. The van der Waals surface area contributed by atoms with Gasteiger partial charge in [-0.3, -0.25) is 0 Å². The Morgan fingerprint density at radius 1 is 1.53 bits per heavy atom. The maximum absolute atomic E-state index is 9.08. The highest BCUT2D eigenvalue weighted by Gasteiger charge is 2.25. The first-order chi connectivity index (χ1) is 7.13. The Morgan fingerprint density at radius 3 is 2.93 bits per heavy atom. The Kier molecular flexibility index (Phi) is 2.36. The molecule has 3 nitrogen and oxygen atoms in total. The van der Waals surface area contributed by atoms with Crippen LogP contribution in [0.25, 0.3) is 0 Å². The van der Waals surface area contributed by atoms with Crippen molar-refractivity contribution in [3.05, 3.63) is 22.9 Å². The van der Waals surface area contributed by atoms with Gasteiger partial charge in [-0.05, 0) is 35.8 Å². The van der Waals surface area contributed by atoms with Crippen molar-refractivity contribution in [1.82, 2.24) is 4.98 Å². The van der Waals surface area contributed by atoms with Gasteiger partial charge in [-0.25, -0.2) is 4.98 Å². The third-order valence-electron chi connectivity index (χ3n) is 3.20. The molecule has 0 fully saturated rings. The molecule has 3 heteroatoms. The number of aromatic nitrogens is 1. The van der Waals surface area contributed by atoms with Crippen molar-refractivity contribution in [3.63, 3.8) is 0 Å². The van der Waals surface area contributed by atoms with E-state index in [9.17, 15) is 0 Å². The number of hydrogen-bond acceptors (Lipinski definition) is 3. The van der Waals surface area contributed by atoms with Crippen LogP contribution in [-0.4, -0.2) is 4.98 Å². The van der Waals surface area contributed by atoms with Crippen LogP contribution in [-0.2, 0) is 6.42 Å². The molecule has 0 saturated carbocycles. The maximum Gasteiger partial charge on any atom is 0.141 e. The van der Waals surface area contributed by atoms with E-state index in [-0.39, 0.29) is 0 Å². The molecule has 1 aromatic heterocycles. The molecular weight excluding hydrogens is 186 g/mol. The maximum atomic E-state index is 9.08. The summed E-state index contributed by atoms with van der Waals surface area (Å²) in [6.07, 6.45) is 3.96. The Hall–Kier alpha value is -1.56. The van der Waals surface area contributed by atoms with Gasteiger partial charge in [-0.15, -0.1) is 0 Å². The van der Waals surface area contributed by atoms with Crippen LogP contribution in [0, 0.1) is 17.2 Å². The average molecular weight is 201 g/mol. The zero-order valence-electron chi connectivity index (χ0n) is 9.12. The van der Waals surface area contributed by atoms with E-state index >= 15 is 0 Å². The second-order valence-corrected chi connectivity index (χ2v) is 4.51. The molecule has 2 atom stereocenters. The topological polar surface area (TPSA) is 62.7 Å². The summed E-state index contributed by atoms with van der Waals surface area (Å²) >= 11 is 0. The number of fused-ring (bicyclic) bond motifs is 1. The largest absolute Gasteiger partial charge is 0.383 e. The number of nitrogens with two attached hydrogens (primary N) is 1.